The van der Waals surface area contributed by atoms with Gasteiger partial charge < -0.3 is 10.1 Å². The molecule has 1 aliphatic rings. The Hall–Kier alpha value is -0.160. The van der Waals surface area contributed by atoms with E-state index in [1.54, 1.807) is 0 Å². The van der Waals surface area contributed by atoms with Crippen LogP contribution in [0.4, 0.5) is 0 Å². The molecule has 4 nitrogen and oxygen atoms in total. The Morgan fingerprint density at radius 1 is 1.32 bits per heavy atom. The zero-order valence-electron chi connectivity index (χ0n) is 13.3. The van der Waals surface area contributed by atoms with E-state index in [4.69, 9.17) is 4.74 Å². The van der Waals surface area contributed by atoms with Gasteiger partial charge in [0.05, 0.1) is 6.61 Å². The molecule has 1 fully saturated rings. The van der Waals surface area contributed by atoms with Crippen LogP contribution in [0, 0.1) is 0 Å². The van der Waals surface area contributed by atoms with Crippen LogP contribution in [-0.4, -0.2) is 74.9 Å². The molecule has 1 aliphatic heterocycles. The van der Waals surface area contributed by atoms with Gasteiger partial charge in [-0.15, -0.1) is 0 Å². The fraction of sp³-hybridized carbons (Fsp3) is 1.00. The van der Waals surface area contributed by atoms with Crippen LogP contribution in [0.25, 0.3) is 0 Å². The smallest absolute Gasteiger partial charge is 0.0630 e. The van der Waals surface area contributed by atoms with Crippen LogP contribution in [0.1, 0.15) is 33.6 Å². The van der Waals surface area contributed by atoms with Crippen molar-refractivity contribution in [3.8, 4) is 0 Å². The fourth-order valence-electron chi connectivity index (χ4n) is 3.07. The Kier molecular flexibility index (Phi) is 8.62. The highest BCUT2D eigenvalue weighted by Crippen LogP contribution is 2.17. The van der Waals surface area contributed by atoms with Crippen LogP contribution in [-0.2, 0) is 4.74 Å². The zero-order chi connectivity index (χ0) is 14.1. The minimum absolute atomic E-state index is 0.525. The van der Waals surface area contributed by atoms with E-state index in [1.807, 2.05) is 7.11 Å². The van der Waals surface area contributed by atoms with Gasteiger partial charge in [-0.05, 0) is 32.5 Å². The first-order chi connectivity index (χ1) is 9.26. The number of ether oxygens (including phenoxy) is 1. The van der Waals surface area contributed by atoms with Gasteiger partial charge in [0.1, 0.15) is 0 Å². The van der Waals surface area contributed by atoms with Crippen molar-refractivity contribution in [3.63, 3.8) is 0 Å². The number of methoxy groups -OCH3 is 1. The number of hydrogen-bond acceptors (Lipinski definition) is 4. The van der Waals surface area contributed by atoms with Crippen molar-refractivity contribution in [1.29, 1.82) is 0 Å². The van der Waals surface area contributed by atoms with Gasteiger partial charge in [0.15, 0.2) is 0 Å². The summed E-state index contributed by atoms with van der Waals surface area (Å²) in [5.74, 6) is 0. The van der Waals surface area contributed by atoms with Crippen molar-refractivity contribution < 1.29 is 4.74 Å². The number of likely N-dealkylation sites (tertiary alicyclic amines) is 1. The molecule has 19 heavy (non-hydrogen) atoms. The summed E-state index contributed by atoms with van der Waals surface area (Å²) in [6, 6.07) is 1.26. The highest BCUT2D eigenvalue weighted by molar-refractivity contribution is 4.87. The molecule has 1 heterocycles. The lowest BCUT2D eigenvalue weighted by Gasteiger charge is -2.30. The van der Waals surface area contributed by atoms with Crippen LogP contribution in [0.2, 0.25) is 0 Å². The molecule has 1 N–H and O–H groups in total. The molecule has 1 saturated heterocycles. The van der Waals surface area contributed by atoms with Gasteiger partial charge in [-0.25, -0.2) is 0 Å². The number of nitrogens with zero attached hydrogens (tertiary/aromatic N) is 2. The number of nitrogens with one attached hydrogen (secondary N) is 1. The van der Waals surface area contributed by atoms with Crippen LogP contribution < -0.4 is 5.32 Å². The lowest BCUT2D eigenvalue weighted by Crippen LogP contribution is -2.46. The van der Waals surface area contributed by atoms with Gasteiger partial charge in [0.25, 0.3) is 0 Å². The summed E-state index contributed by atoms with van der Waals surface area (Å²) in [5, 5.41) is 3.53. The summed E-state index contributed by atoms with van der Waals surface area (Å²) in [6.45, 7) is 14.5. The molecule has 4 heteroatoms. The topological polar surface area (TPSA) is 27.7 Å². The summed E-state index contributed by atoms with van der Waals surface area (Å²) in [7, 11) is 1.81. The first-order valence-electron chi connectivity index (χ1n) is 7.94. The van der Waals surface area contributed by atoms with Crippen molar-refractivity contribution in [2.75, 3.05) is 53.0 Å². The van der Waals surface area contributed by atoms with Crippen molar-refractivity contribution in [2.24, 2.45) is 0 Å². The molecule has 1 rings (SSSR count). The third-order valence-corrected chi connectivity index (χ3v) is 4.21. The van der Waals surface area contributed by atoms with Gasteiger partial charge in [0, 0.05) is 38.8 Å². The standard InChI is InChI=1S/C15H33N3O/c1-5-9-16-11-15(13-19-4)18-10-8-14(12-18)17(6-2)7-3/h14-16H,5-13H2,1-4H3. The van der Waals surface area contributed by atoms with Crippen LogP contribution >= 0.6 is 0 Å². The van der Waals surface area contributed by atoms with Crippen LogP contribution in [0.5, 0.6) is 0 Å². The second kappa shape index (κ2) is 9.70. The van der Waals surface area contributed by atoms with Gasteiger partial charge in [0.2, 0.25) is 0 Å². The van der Waals surface area contributed by atoms with Gasteiger partial charge in [-0.1, -0.05) is 20.8 Å². The first-order valence-corrected chi connectivity index (χ1v) is 7.94. The van der Waals surface area contributed by atoms with Gasteiger partial charge in [-0.3, -0.25) is 9.80 Å². The van der Waals surface area contributed by atoms with Crippen LogP contribution in [0.3, 0.4) is 0 Å². The Balaban J connectivity index is 2.43. The molecule has 2 unspecified atom stereocenters. The van der Waals surface area contributed by atoms with E-state index in [0.717, 1.165) is 38.8 Å². The molecule has 114 valence electrons. The molecule has 0 bridgehead atoms. The summed E-state index contributed by atoms with van der Waals surface area (Å²) in [5.41, 5.74) is 0. The largest absolute Gasteiger partial charge is 0.383 e. The van der Waals surface area contributed by atoms with Crippen molar-refractivity contribution in [2.45, 2.75) is 45.7 Å². The van der Waals surface area contributed by atoms with Crippen molar-refractivity contribution >= 4 is 0 Å². The lowest BCUT2D eigenvalue weighted by molar-refractivity contribution is 0.0974. The maximum atomic E-state index is 5.40. The summed E-state index contributed by atoms with van der Waals surface area (Å²) in [4.78, 5) is 5.19. The molecule has 0 amide bonds. The highest BCUT2D eigenvalue weighted by atomic mass is 16.5. The van der Waals surface area contributed by atoms with Crippen molar-refractivity contribution in [3.05, 3.63) is 0 Å². The quantitative estimate of drug-likeness (QED) is 0.608. The number of likely N-dealkylation sites (N-methyl/N-ethyl adjacent to an activating group) is 1. The van der Waals surface area contributed by atoms with E-state index in [9.17, 15) is 0 Å². The SMILES string of the molecule is CCCNCC(COC)N1CCC(N(CC)CC)C1. The predicted octanol–water partition coefficient (Wildman–Crippen LogP) is 1.42. The number of hydrogen-bond donors (Lipinski definition) is 1. The van der Waals surface area contributed by atoms with Gasteiger partial charge >= 0.3 is 0 Å². The zero-order valence-corrected chi connectivity index (χ0v) is 13.3. The normalized spacial score (nSPS) is 22.3. The van der Waals surface area contributed by atoms with E-state index in [-0.39, 0.29) is 0 Å². The van der Waals surface area contributed by atoms with E-state index in [2.05, 4.69) is 35.9 Å². The molecule has 0 radical (unpaired) electrons. The Morgan fingerprint density at radius 3 is 2.63 bits per heavy atom. The maximum absolute atomic E-state index is 5.40. The minimum atomic E-state index is 0.525. The molecule has 0 aromatic rings. The number of rotatable bonds is 10. The summed E-state index contributed by atoms with van der Waals surface area (Å²) < 4.78 is 5.40. The van der Waals surface area contributed by atoms with Crippen LogP contribution in [0.15, 0.2) is 0 Å². The second-order valence-electron chi connectivity index (χ2n) is 5.47. The molecule has 2 atom stereocenters. The van der Waals surface area contributed by atoms with E-state index in [1.165, 1.54) is 25.9 Å². The Morgan fingerprint density at radius 2 is 2.05 bits per heavy atom. The average Bonchev–Trinajstić information content (AvgIpc) is 2.89. The average molecular weight is 271 g/mol. The second-order valence-corrected chi connectivity index (χ2v) is 5.47. The Bertz CT molecular complexity index is 221. The van der Waals surface area contributed by atoms with E-state index >= 15 is 0 Å². The van der Waals surface area contributed by atoms with Gasteiger partial charge in [-0.2, -0.15) is 0 Å². The first kappa shape index (κ1) is 16.9. The third-order valence-electron chi connectivity index (χ3n) is 4.21. The summed E-state index contributed by atoms with van der Waals surface area (Å²) in [6.07, 6.45) is 2.50. The van der Waals surface area contributed by atoms with E-state index < -0.39 is 0 Å². The minimum Gasteiger partial charge on any atom is -0.383 e. The molecule has 0 spiro atoms. The summed E-state index contributed by atoms with van der Waals surface area (Å²) >= 11 is 0. The predicted molar refractivity (Wildman–Crippen MR) is 81.7 cm³/mol. The maximum Gasteiger partial charge on any atom is 0.0630 e. The molecule has 0 aromatic carbocycles. The monoisotopic (exact) mass is 271 g/mol. The highest BCUT2D eigenvalue weighted by Gasteiger charge is 2.30. The molecule has 0 aromatic heterocycles. The molecule has 0 aliphatic carbocycles. The molecular formula is C15H33N3O. The lowest BCUT2D eigenvalue weighted by atomic mass is 10.2. The fourth-order valence-corrected chi connectivity index (χ4v) is 3.07. The Labute approximate surface area is 119 Å². The molecular weight excluding hydrogens is 238 g/mol. The van der Waals surface area contributed by atoms with E-state index in [0.29, 0.717) is 6.04 Å². The third kappa shape index (κ3) is 5.38. The molecule has 0 saturated carbocycles. The van der Waals surface area contributed by atoms with Crippen molar-refractivity contribution in [1.82, 2.24) is 15.1 Å².